The summed E-state index contributed by atoms with van der Waals surface area (Å²) < 4.78 is 29.0. The van der Waals surface area contributed by atoms with Gasteiger partial charge in [0.25, 0.3) is 8.32 Å². The number of hydrogen-bond acceptors (Lipinski definition) is 8. The fourth-order valence-corrected chi connectivity index (χ4v) is 12.2. The van der Waals surface area contributed by atoms with E-state index in [1.165, 1.54) is 23.2 Å². The molecule has 1 saturated carbocycles. The third-order valence-electron chi connectivity index (χ3n) is 9.37. The van der Waals surface area contributed by atoms with E-state index in [1.807, 2.05) is 18.4 Å². The fraction of sp³-hybridized carbons (Fsp3) is 0.500. The average Bonchev–Trinajstić information content (AvgIpc) is 3.79. The average molecular weight is 648 g/mol. The van der Waals surface area contributed by atoms with E-state index in [0.29, 0.717) is 29.6 Å². The molecule has 11 heteroatoms. The molecule has 4 aromatic rings. The lowest BCUT2D eigenvalue weighted by Crippen LogP contribution is -2.67. The molecule has 3 aliphatic rings. The summed E-state index contributed by atoms with van der Waals surface area (Å²) in [6, 6.07) is 21.6. The number of nitrogens with one attached hydrogen (secondary N) is 1. The first-order valence-electron chi connectivity index (χ1n) is 16.0. The van der Waals surface area contributed by atoms with Gasteiger partial charge in [-0.05, 0) is 53.7 Å². The second-order valence-electron chi connectivity index (χ2n) is 13.9. The molecule has 0 spiro atoms. The highest BCUT2D eigenvalue weighted by molar-refractivity contribution is 6.99. The summed E-state index contributed by atoms with van der Waals surface area (Å²) in [5.41, 5.74) is 1.26. The molecule has 2 aromatic carbocycles. The second kappa shape index (κ2) is 11.7. The second-order valence-corrected chi connectivity index (χ2v) is 18.5. The van der Waals surface area contributed by atoms with Crippen molar-refractivity contribution in [3.63, 3.8) is 0 Å². The lowest BCUT2D eigenvalue weighted by Gasteiger charge is -2.43. The number of imidazole rings is 1. The highest BCUT2D eigenvalue weighted by Crippen LogP contribution is 2.45. The highest BCUT2D eigenvalue weighted by atomic mass is 35.5. The Bertz CT molecular complexity index is 1600. The van der Waals surface area contributed by atoms with Gasteiger partial charge in [-0.25, -0.2) is 4.98 Å². The monoisotopic (exact) mass is 647 g/mol. The SMILES string of the molecule is CC1(C)O[C@@H]2[C@H](O1)[C@@H](CO[Si](c1ccccc1)(c1ccccc1)C(C)(C)C)O[C@H]2n1cnc2c(NC3CCCC3)nc(Cl)nc21. The van der Waals surface area contributed by atoms with Crippen molar-refractivity contribution < 1.29 is 18.6 Å². The molecule has 0 bridgehead atoms. The maximum Gasteiger partial charge on any atom is 0.261 e. The van der Waals surface area contributed by atoms with Crippen molar-refractivity contribution in [2.24, 2.45) is 0 Å². The van der Waals surface area contributed by atoms with Crippen molar-refractivity contribution >= 4 is 47.3 Å². The van der Waals surface area contributed by atoms with Gasteiger partial charge in [0, 0.05) is 6.04 Å². The van der Waals surface area contributed by atoms with Gasteiger partial charge in [-0.15, -0.1) is 0 Å². The molecule has 0 radical (unpaired) electrons. The van der Waals surface area contributed by atoms with Crippen molar-refractivity contribution in [3.05, 3.63) is 72.3 Å². The molecule has 4 atom stereocenters. The molecule has 4 heterocycles. The van der Waals surface area contributed by atoms with Crippen molar-refractivity contribution in [1.82, 2.24) is 19.5 Å². The van der Waals surface area contributed by atoms with Crippen LogP contribution in [0.25, 0.3) is 11.2 Å². The lowest BCUT2D eigenvalue weighted by atomic mass is 10.1. The third-order valence-corrected chi connectivity index (χ3v) is 14.5. The zero-order valence-electron chi connectivity index (χ0n) is 26.6. The van der Waals surface area contributed by atoms with Gasteiger partial charge in [-0.1, -0.05) is 94.3 Å². The van der Waals surface area contributed by atoms with Gasteiger partial charge in [-0.2, -0.15) is 9.97 Å². The van der Waals surface area contributed by atoms with Gasteiger partial charge in [-0.3, -0.25) is 4.57 Å². The summed E-state index contributed by atoms with van der Waals surface area (Å²) >= 11 is 6.47. The van der Waals surface area contributed by atoms with Crippen molar-refractivity contribution in [3.8, 4) is 0 Å². The van der Waals surface area contributed by atoms with Crippen LogP contribution < -0.4 is 15.7 Å². The van der Waals surface area contributed by atoms with E-state index in [4.69, 9.17) is 35.2 Å². The van der Waals surface area contributed by atoms with E-state index in [-0.39, 0.29) is 16.4 Å². The Labute approximate surface area is 270 Å². The van der Waals surface area contributed by atoms with E-state index < -0.39 is 32.5 Å². The molecule has 3 fully saturated rings. The summed E-state index contributed by atoms with van der Waals surface area (Å²) in [5.74, 6) is -0.133. The van der Waals surface area contributed by atoms with Gasteiger partial charge in [0.2, 0.25) is 5.28 Å². The molecular weight excluding hydrogens is 606 g/mol. The van der Waals surface area contributed by atoms with E-state index in [9.17, 15) is 0 Å². The molecule has 2 aliphatic heterocycles. The zero-order chi connectivity index (χ0) is 31.4. The Morgan fingerprint density at radius 3 is 2.20 bits per heavy atom. The fourth-order valence-electron chi connectivity index (χ4n) is 7.43. The summed E-state index contributed by atoms with van der Waals surface area (Å²) in [6.45, 7) is 11.0. The van der Waals surface area contributed by atoms with Crippen LogP contribution >= 0.6 is 11.6 Å². The highest BCUT2D eigenvalue weighted by Gasteiger charge is 2.58. The quantitative estimate of drug-likeness (QED) is 0.189. The summed E-state index contributed by atoms with van der Waals surface area (Å²) in [5, 5.41) is 5.98. The Balaban J connectivity index is 1.23. The topological polar surface area (TPSA) is 92.5 Å². The number of rotatable bonds is 8. The van der Waals surface area contributed by atoms with Gasteiger partial charge >= 0.3 is 0 Å². The number of hydrogen-bond donors (Lipinski definition) is 1. The summed E-state index contributed by atoms with van der Waals surface area (Å²) in [4.78, 5) is 13.8. The van der Waals surface area contributed by atoms with Gasteiger partial charge < -0.3 is 24.0 Å². The molecule has 2 saturated heterocycles. The first kappa shape index (κ1) is 30.8. The predicted molar refractivity (Wildman–Crippen MR) is 178 cm³/mol. The number of halogens is 1. The zero-order valence-corrected chi connectivity index (χ0v) is 28.3. The predicted octanol–water partition coefficient (Wildman–Crippen LogP) is 5.83. The summed E-state index contributed by atoms with van der Waals surface area (Å²) in [7, 11) is -2.80. The number of aromatic nitrogens is 4. The van der Waals surface area contributed by atoms with E-state index in [1.54, 1.807) is 6.33 Å². The Morgan fingerprint density at radius 1 is 0.956 bits per heavy atom. The molecule has 238 valence electrons. The van der Waals surface area contributed by atoms with Crippen LogP contribution in [-0.2, 0) is 18.6 Å². The molecule has 1 N–H and O–H groups in total. The van der Waals surface area contributed by atoms with Gasteiger partial charge in [0.1, 0.15) is 18.3 Å². The van der Waals surface area contributed by atoms with Crippen LogP contribution in [0, 0.1) is 0 Å². The first-order chi connectivity index (χ1) is 21.6. The van der Waals surface area contributed by atoms with Crippen LogP contribution in [0.5, 0.6) is 0 Å². The largest absolute Gasteiger partial charge is 0.405 e. The molecule has 0 amide bonds. The van der Waals surface area contributed by atoms with Gasteiger partial charge in [0.05, 0.1) is 12.9 Å². The van der Waals surface area contributed by atoms with E-state index in [2.05, 4.69) is 96.7 Å². The maximum absolute atomic E-state index is 7.29. The number of fused-ring (bicyclic) bond motifs is 2. The van der Waals surface area contributed by atoms with Crippen molar-refractivity contribution in [2.45, 2.75) is 102 Å². The maximum atomic E-state index is 7.29. The number of anilines is 1. The minimum absolute atomic E-state index is 0.162. The van der Waals surface area contributed by atoms with Crippen LogP contribution in [0.15, 0.2) is 67.0 Å². The Hall–Kier alpha value is -2.86. The lowest BCUT2D eigenvalue weighted by molar-refractivity contribution is -0.199. The first-order valence-corrected chi connectivity index (χ1v) is 18.3. The Kier molecular flexibility index (Phi) is 8.03. The van der Waals surface area contributed by atoms with Gasteiger partial charge in [0.15, 0.2) is 29.0 Å². The normalized spacial score (nSPS) is 25.2. The van der Waals surface area contributed by atoms with Crippen LogP contribution in [-0.4, -0.2) is 64.6 Å². The van der Waals surface area contributed by atoms with Crippen LogP contribution in [0.4, 0.5) is 5.82 Å². The smallest absolute Gasteiger partial charge is 0.261 e. The van der Waals surface area contributed by atoms with Crippen LogP contribution in [0.1, 0.15) is 66.5 Å². The molecule has 7 rings (SSSR count). The van der Waals surface area contributed by atoms with Crippen molar-refractivity contribution in [2.75, 3.05) is 11.9 Å². The van der Waals surface area contributed by atoms with E-state index in [0.717, 1.165) is 12.8 Å². The minimum atomic E-state index is -2.80. The molecule has 2 aromatic heterocycles. The summed E-state index contributed by atoms with van der Waals surface area (Å²) in [6.07, 6.45) is 4.68. The standard InChI is InChI=1S/C34H42ClN5O4Si/c1-33(2,3)45(23-16-8-6-9-17-23,24-18-10-7-11-19-24)41-20-25-27-28(44-34(4,5)43-27)31(42-25)40-21-36-26-29(37-22-14-12-13-15-22)38-32(35)39-30(26)40/h6-11,16-19,21-22,25,27-28,31H,12-15,20H2,1-5H3,(H,37,38,39)/t25-,27-,28-,31-/m1/s1. The molecule has 0 unspecified atom stereocenters. The number of ether oxygens (including phenoxy) is 3. The number of benzene rings is 2. The Morgan fingerprint density at radius 2 is 1.58 bits per heavy atom. The van der Waals surface area contributed by atoms with Crippen LogP contribution in [0.3, 0.4) is 0 Å². The molecular formula is C34H42ClN5O4Si. The molecule has 45 heavy (non-hydrogen) atoms. The minimum Gasteiger partial charge on any atom is -0.405 e. The molecule has 1 aliphatic carbocycles. The van der Waals surface area contributed by atoms with E-state index >= 15 is 0 Å². The third kappa shape index (κ3) is 5.59. The van der Waals surface area contributed by atoms with Crippen LogP contribution in [0.2, 0.25) is 10.3 Å². The van der Waals surface area contributed by atoms with Crippen molar-refractivity contribution in [1.29, 1.82) is 0 Å². The number of nitrogens with zero attached hydrogens (tertiary/aromatic N) is 4. The molecule has 9 nitrogen and oxygen atoms in total.